The van der Waals surface area contributed by atoms with E-state index in [1.165, 1.54) is 18.2 Å². The number of hydrogen-bond donors (Lipinski definition) is 2. The Kier molecular flexibility index (Phi) is 4.07. The molecule has 2 rings (SSSR count). The van der Waals surface area contributed by atoms with Gasteiger partial charge < -0.3 is 11.1 Å². The summed E-state index contributed by atoms with van der Waals surface area (Å²) in [4.78, 5) is 11.9. The molecule has 0 spiro atoms. The highest BCUT2D eigenvalue weighted by Crippen LogP contribution is 2.24. The van der Waals surface area contributed by atoms with Gasteiger partial charge in [-0.3, -0.25) is 4.79 Å². The normalized spacial score (nSPS) is 10.3. The summed E-state index contributed by atoms with van der Waals surface area (Å²) < 4.78 is 14.4. The maximum Gasteiger partial charge on any atom is 0.258 e. The zero-order valence-corrected chi connectivity index (χ0v) is 11.9. The lowest BCUT2D eigenvalue weighted by atomic mass is 10.2. The number of amides is 1. The molecular formula is C13H9BrClFN2O. The summed E-state index contributed by atoms with van der Waals surface area (Å²) in [5.74, 6) is -1.33. The number of hydrogen-bond acceptors (Lipinski definition) is 2. The number of halogens is 3. The second-order valence-corrected chi connectivity index (χ2v) is 5.05. The Morgan fingerprint density at radius 3 is 2.74 bits per heavy atom. The molecule has 3 nitrogen and oxygen atoms in total. The maximum absolute atomic E-state index is 13.7. The number of nitrogens with two attached hydrogens (primary N) is 1. The van der Waals surface area contributed by atoms with Crippen molar-refractivity contribution in [3.63, 3.8) is 0 Å². The van der Waals surface area contributed by atoms with Gasteiger partial charge in [-0.15, -0.1) is 0 Å². The van der Waals surface area contributed by atoms with E-state index < -0.39 is 11.7 Å². The van der Waals surface area contributed by atoms with E-state index in [1.807, 2.05) is 0 Å². The molecule has 0 bridgehead atoms. The molecule has 0 heterocycles. The highest BCUT2D eigenvalue weighted by atomic mass is 79.9. The van der Waals surface area contributed by atoms with E-state index >= 15 is 0 Å². The first-order valence-electron chi connectivity index (χ1n) is 5.29. The van der Waals surface area contributed by atoms with E-state index in [9.17, 15) is 9.18 Å². The zero-order valence-electron chi connectivity index (χ0n) is 9.58. The molecule has 0 saturated carbocycles. The fourth-order valence-electron chi connectivity index (χ4n) is 1.50. The van der Waals surface area contributed by atoms with Crippen molar-refractivity contribution in [2.45, 2.75) is 0 Å². The van der Waals surface area contributed by atoms with Gasteiger partial charge in [0.1, 0.15) is 0 Å². The van der Waals surface area contributed by atoms with Crippen LogP contribution in [0.4, 0.5) is 15.8 Å². The molecule has 19 heavy (non-hydrogen) atoms. The van der Waals surface area contributed by atoms with Crippen molar-refractivity contribution >= 4 is 44.8 Å². The molecule has 0 unspecified atom stereocenters. The summed E-state index contributed by atoms with van der Waals surface area (Å²) in [5, 5.41) is 2.46. The van der Waals surface area contributed by atoms with E-state index in [-0.39, 0.29) is 10.6 Å². The Morgan fingerprint density at radius 1 is 1.32 bits per heavy atom. The van der Waals surface area contributed by atoms with Gasteiger partial charge in [0.05, 0.1) is 10.6 Å². The molecule has 2 aromatic rings. The molecule has 0 aliphatic carbocycles. The monoisotopic (exact) mass is 342 g/mol. The molecule has 1 amide bonds. The summed E-state index contributed by atoms with van der Waals surface area (Å²) in [6.45, 7) is 0. The quantitative estimate of drug-likeness (QED) is 0.807. The van der Waals surface area contributed by atoms with Crippen LogP contribution in [0, 0.1) is 5.82 Å². The predicted molar refractivity (Wildman–Crippen MR) is 77.9 cm³/mol. The number of carbonyl (C=O) groups excluding carboxylic acids is 1. The van der Waals surface area contributed by atoms with Gasteiger partial charge in [-0.1, -0.05) is 17.7 Å². The number of rotatable bonds is 2. The lowest BCUT2D eigenvalue weighted by molar-refractivity contribution is 0.102. The standard InChI is InChI=1S/C13H9BrClFN2O/c14-9-5-4-7(6-11(9)17)18-13(19)8-2-1-3-10(15)12(8)16/h1-6H,17H2,(H,18,19). The summed E-state index contributed by atoms with van der Waals surface area (Å²) in [6.07, 6.45) is 0. The van der Waals surface area contributed by atoms with Gasteiger partial charge >= 0.3 is 0 Å². The lowest BCUT2D eigenvalue weighted by Crippen LogP contribution is -2.14. The highest BCUT2D eigenvalue weighted by molar-refractivity contribution is 9.10. The number of nitrogens with one attached hydrogen (secondary N) is 1. The molecule has 0 aliphatic rings. The van der Waals surface area contributed by atoms with Crippen LogP contribution in [-0.4, -0.2) is 5.91 Å². The fourth-order valence-corrected chi connectivity index (χ4v) is 1.92. The van der Waals surface area contributed by atoms with Crippen molar-refractivity contribution in [1.82, 2.24) is 0 Å². The van der Waals surface area contributed by atoms with E-state index in [2.05, 4.69) is 21.2 Å². The van der Waals surface area contributed by atoms with Crippen LogP contribution in [0.3, 0.4) is 0 Å². The third kappa shape index (κ3) is 3.05. The van der Waals surface area contributed by atoms with Gasteiger partial charge in [-0.05, 0) is 46.3 Å². The van der Waals surface area contributed by atoms with Crippen molar-refractivity contribution in [2.24, 2.45) is 0 Å². The van der Waals surface area contributed by atoms with E-state index in [0.717, 1.165) is 4.47 Å². The van der Waals surface area contributed by atoms with Crippen LogP contribution in [0.5, 0.6) is 0 Å². The van der Waals surface area contributed by atoms with Crippen molar-refractivity contribution in [3.05, 3.63) is 57.3 Å². The van der Waals surface area contributed by atoms with Gasteiger partial charge in [0.15, 0.2) is 5.82 Å². The molecule has 0 atom stereocenters. The number of nitrogen functional groups attached to an aromatic ring is 1. The Bertz CT molecular complexity index is 649. The molecule has 3 N–H and O–H groups in total. The summed E-state index contributed by atoms with van der Waals surface area (Å²) in [7, 11) is 0. The zero-order chi connectivity index (χ0) is 14.0. The van der Waals surface area contributed by atoms with Gasteiger partial charge in [0, 0.05) is 15.8 Å². The Hall–Kier alpha value is -1.59. The molecule has 0 radical (unpaired) electrons. The summed E-state index contributed by atoms with van der Waals surface area (Å²) >= 11 is 8.87. The van der Waals surface area contributed by atoms with Crippen LogP contribution in [0.25, 0.3) is 0 Å². The first-order chi connectivity index (χ1) is 8.99. The van der Waals surface area contributed by atoms with Crippen LogP contribution in [0.1, 0.15) is 10.4 Å². The molecule has 0 aromatic heterocycles. The third-order valence-electron chi connectivity index (χ3n) is 2.45. The Labute approximate surface area is 122 Å². The first-order valence-corrected chi connectivity index (χ1v) is 6.46. The fraction of sp³-hybridized carbons (Fsp3) is 0. The largest absolute Gasteiger partial charge is 0.398 e. The molecule has 2 aromatic carbocycles. The minimum atomic E-state index is -0.744. The maximum atomic E-state index is 13.7. The van der Waals surface area contributed by atoms with Gasteiger partial charge in [0.2, 0.25) is 0 Å². The highest BCUT2D eigenvalue weighted by Gasteiger charge is 2.14. The van der Waals surface area contributed by atoms with Crippen LogP contribution >= 0.6 is 27.5 Å². The smallest absolute Gasteiger partial charge is 0.258 e. The number of benzene rings is 2. The Balaban J connectivity index is 2.26. The number of anilines is 2. The summed E-state index contributed by atoms with van der Waals surface area (Å²) in [6, 6.07) is 9.17. The predicted octanol–water partition coefficient (Wildman–Crippen LogP) is 4.08. The van der Waals surface area contributed by atoms with Gasteiger partial charge in [0.25, 0.3) is 5.91 Å². The van der Waals surface area contributed by atoms with Crippen molar-refractivity contribution < 1.29 is 9.18 Å². The average molecular weight is 344 g/mol. The molecule has 0 aliphatic heterocycles. The second kappa shape index (κ2) is 5.59. The van der Waals surface area contributed by atoms with Crippen LogP contribution < -0.4 is 11.1 Å². The van der Waals surface area contributed by atoms with Crippen LogP contribution in [-0.2, 0) is 0 Å². The number of carbonyl (C=O) groups is 1. The first kappa shape index (κ1) is 13.8. The SMILES string of the molecule is Nc1cc(NC(=O)c2cccc(Cl)c2F)ccc1Br. The topological polar surface area (TPSA) is 55.1 Å². The minimum Gasteiger partial charge on any atom is -0.398 e. The van der Waals surface area contributed by atoms with E-state index in [1.54, 1.807) is 18.2 Å². The molecule has 6 heteroatoms. The lowest BCUT2D eigenvalue weighted by Gasteiger charge is -2.08. The average Bonchev–Trinajstić information content (AvgIpc) is 2.37. The summed E-state index contributed by atoms with van der Waals surface area (Å²) in [5.41, 5.74) is 6.53. The molecule has 0 saturated heterocycles. The van der Waals surface area contributed by atoms with Crippen LogP contribution in [0.2, 0.25) is 5.02 Å². The third-order valence-corrected chi connectivity index (χ3v) is 3.46. The van der Waals surface area contributed by atoms with Crippen molar-refractivity contribution in [2.75, 3.05) is 11.1 Å². The molecule has 0 fully saturated rings. The van der Waals surface area contributed by atoms with Gasteiger partial charge in [-0.25, -0.2) is 4.39 Å². The minimum absolute atomic E-state index is 0.0945. The van der Waals surface area contributed by atoms with E-state index in [0.29, 0.717) is 11.4 Å². The Morgan fingerprint density at radius 2 is 2.05 bits per heavy atom. The van der Waals surface area contributed by atoms with E-state index in [4.69, 9.17) is 17.3 Å². The van der Waals surface area contributed by atoms with Gasteiger partial charge in [-0.2, -0.15) is 0 Å². The van der Waals surface area contributed by atoms with Crippen LogP contribution in [0.15, 0.2) is 40.9 Å². The molecular weight excluding hydrogens is 335 g/mol. The second-order valence-electron chi connectivity index (χ2n) is 3.79. The van der Waals surface area contributed by atoms with Crippen molar-refractivity contribution in [3.8, 4) is 0 Å². The van der Waals surface area contributed by atoms with Crippen molar-refractivity contribution in [1.29, 1.82) is 0 Å². The molecule has 98 valence electrons.